The van der Waals surface area contributed by atoms with E-state index in [0.29, 0.717) is 0 Å². The van der Waals surface area contributed by atoms with Crippen molar-refractivity contribution in [2.75, 3.05) is 6.26 Å². The number of para-hydroxylation sites is 1. The standard InChI is InChI=1S/C10H8N4S/c1-15-10-12-9-7-4-2-3-5-8(7)11-6-14(9)13-10/h2-6H,1H3. The highest BCUT2D eigenvalue weighted by molar-refractivity contribution is 7.98. The smallest absolute Gasteiger partial charge is 0.209 e. The highest BCUT2D eigenvalue weighted by Crippen LogP contribution is 2.18. The van der Waals surface area contributed by atoms with Crippen molar-refractivity contribution in [3.8, 4) is 0 Å². The van der Waals surface area contributed by atoms with Gasteiger partial charge in [0, 0.05) is 5.39 Å². The number of thioether (sulfide) groups is 1. The summed E-state index contributed by atoms with van der Waals surface area (Å²) in [6, 6.07) is 7.94. The van der Waals surface area contributed by atoms with Gasteiger partial charge in [-0.3, -0.25) is 0 Å². The quantitative estimate of drug-likeness (QED) is 0.583. The Labute approximate surface area is 90.3 Å². The van der Waals surface area contributed by atoms with Crippen LogP contribution >= 0.6 is 11.8 Å². The van der Waals surface area contributed by atoms with E-state index in [2.05, 4.69) is 15.1 Å². The molecule has 2 heterocycles. The molecule has 0 atom stereocenters. The van der Waals surface area contributed by atoms with Crippen molar-refractivity contribution in [2.24, 2.45) is 0 Å². The van der Waals surface area contributed by atoms with Crippen LogP contribution in [0.3, 0.4) is 0 Å². The largest absolute Gasteiger partial charge is 0.236 e. The summed E-state index contributed by atoms with van der Waals surface area (Å²) in [5.41, 5.74) is 1.81. The zero-order chi connectivity index (χ0) is 10.3. The van der Waals surface area contributed by atoms with Gasteiger partial charge in [0.1, 0.15) is 6.33 Å². The second kappa shape index (κ2) is 3.20. The number of rotatable bonds is 1. The molecule has 0 bridgehead atoms. The molecule has 0 aliphatic rings. The fourth-order valence-electron chi connectivity index (χ4n) is 1.55. The Bertz CT molecular complexity index is 631. The molecule has 0 fully saturated rings. The lowest BCUT2D eigenvalue weighted by atomic mass is 10.2. The number of fused-ring (bicyclic) bond motifs is 3. The van der Waals surface area contributed by atoms with Gasteiger partial charge in [0.25, 0.3) is 0 Å². The summed E-state index contributed by atoms with van der Waals surface area (Å²) in [7, 11) is 0. The monoisotopic (exact) mass is 216 g/mol. The van der Waals surface area contributed by atoms with Crippen LogP contribution in [-0.2, 0) is 0 Å². The van der Waals surface area contributed by atoms with Crippen molar-refractivity contribution < 1.29 is 0 Å². The van der Waals surface area contributed by atoms with Crippen LogP contribution in [0.1, 0.15) is 0 Å². The molecule has 0 N–H and O–H groups in total. The number of benzene rings is 1. The Balaban J connectivity index is 2.47. The number of hydrogen-bond donors (Lipinski definition) is 0. The van der Waals surface area contributed by atoms with E-state index < -0.39 is 0 Å². The van der Waals surface area contributed by atoms with Crippen LogP contribution in [0.25, 0.3) is 16.6 Å². The zero-order valence-electron chi connectivity index (χ0n) is 8.08. The summed E-state index contributed by atoms with van der Waals surface area (Å²) < 4.78 is 1.72. The molecule has 0 saturated carbocycles. The molecular weight excluding hydrogens is 208 g/mol. The average Bonchev–Trinajstić information content (AvgIpc) is 2.72. The van der Waals surface area contributed by atoms with Gasteiger partial charge in [-0.05, 0) is 18.4 Å². The summed E-state index contributed by atoms with van der Waals surface area (Å²) in [6.07, 6.45) is 3.66. The van der Waals surface area contributed by atoms with Crippen molar-refractivity contribution in [3.63, 3.8) is 0 Å². The molecule has 5 heteroatoms. The molecule has 0 aliphatic carbocycles. The molecule has 0 radical (unpaired) electrons. The number of aromatic nitrogens is 4. The predicted octanol–water partition coefficient (Wildman–Crippen LogP) is 2.00. The Morgan fingerprint density at radius 2 is 2.13 bits per heavy atom. The highest BCUT2D eigenvalue weighted by atomic mass is 32.2. The predicted molar refractivity (Wildman–Crippen MR) is 60.1 cm³/mol. The van der Waals surface area contributed by atoms with Gasteiger partial charge < -0.3 is 0 Å². The third-order valence-electron chi connectivity index (χ3n) is 2.25. The fourth-order valence-corrected chi connectivity index (χ4v) is 1.89. The molecule has 1 aromatic carbocycles. The zero-order valence-corrected chi connectivity index (χ0v) is 8.90. The van der Waals surface area contributed by atoms with E-state index in [1.54, 1.807) is 10.8 Å². The maximum atomic E-state index is 4.43. The molecule has 2 aromatic heterocycles. The molecule has 3 rings (SSSR count). The second-order valence-corrected chi connectivity index (χ2v) is 3.90. The van der Waals surface area contributed by atoms with Gasteiger partial charge in [-0.15, -0.1) is 5.10 Å². The first-order valence-corrected chi connectivity index (χ1v) is 5.75. The minimum atomic E-state index is 0.771. The van der Waals surface area contributed by atoms with Gasteiger partial charge in [0.05, 0.1) is 5.52 Å². The van der Waals surface area contributed by atoms with Crippen molar-refractivity contribution in [3.05, 3.63) is 30.6 Å². The first-order valence-electron chi connectivity index (χ1n) is 4.52. The van der Waals surface area contributed by atoms with Crippen molar-refractivity contribution in [1.29, 1.82) is 0 Å². The van der Waals surface area contributed by atoms with E-state index in [9.17, 15) is 0 Å². The van der Waals surface area contributed by atoms with Gasteiger partial charge >= 0.3 is 0 Å². The van der Waals surface area contributed by atoms with Crippen LogP contribution in [0.15, 0.2) is 35.7 Å². The van der Waals surface area contributed by atoms with E-state index in [-0.39, 0.29) is 0 Å². The van der Waals surface area contributed by atoms with Crippen LogP contribution in [0, 0.1) is 0 Å². The Morgan fingerprint density at radius 3 is 3.00 bits per heavy atom. The van der Waals surface area contributed by atoms with Crippen LogP contribution in [0.4, 0.5) is 0 Å². The summed E-state index contributed by atoms with van der Waals surface area (Å²) >= 11 is 1.53. The first kappa shape index (κ1) is 8.67. The van der Waals surface area contributed by atoms with E-state index in [0.717, 1.165) is 21.7 Å². The van der Waals surface area contributed by atoms with Crippen LogP contribution < -0.4 is 0 Å². The van der Waals surface area contributed by atoms with E-state index in [1.165, 1.54) is 11.8 Å². The van der Waals surface area contributed by atoms with Crippen LogP contribution in [0.2, 0.25) is 0 Å². The average molecular weight is 216 g/mol. The molecule has 15 heavy (non-hydrogen) atoms. The second-order valence-electron chi connectivity index (χ2n) is 3.13. The van der Waals surface area contributed by atoms with E-state index in [1.807, 2.05) is 30.5 Å². The first-order chi connectivity index (χ1) is 7.38. The Morgan fingerprint density at radius 1 is 1.27 bits per heavy atom. The molecule has 0 aliphatic heterocycles. The van der Waals surface area contributed by atoms with Crippen molar-refractivity contribution in [2.45, 2.75) is 5.16 Å². The molecule has 0 amide bonds. The number of hydrogen-bond acceptors (Lipinski definition) is 4. The molecule has 4 nitrogen and oxygen atoms in total. The maximum Gasteiger partial charge on any atom is 0.209 e. The molecule has 74 valence electrons. The lowest BCUT2D eigenvalue weighted by molar-refractivity contribution is 0.871. The van der Waals surface area contributed by atoms with Crippen LogP contribution in [0.5, 0.6) is 0 Å². The number of nitrogens with zero attached hydrogens (tertiary/aromatic N) is 4. The maximum absolute atomic E-state index is 4.43. The van der Waals surface area contributed by atoms with E-state index in [4.69, 9.17) is 0 Å². The van der Waals surface area contributed by atoms with Gasteiger partial charge in [0.15, 0.2) is 5.65 Å². The lowest BCUT2D eigenvalue weighted by Crippen LogP contribution is -1.90. The summed E-state index contributed by atoms with van der Waals surface area (Å²) in [5.74, 6) is 0. The van der Waals surface area contributed by atoms with Gasteiger partial charge in [0.2, 0.25) is 5.16 Å². The summed E-state index contributed by atoms with van der Waals surface area (Å²) in [6.45, 7) is 0. The van der Waals surface area contributed by atoms with Gasteiger partial charge in [-0.25, -0.2) is 14.5 Å². The minimum Gasteiger partial charge on any atom is -0.236 e. The SMILES string of the molecule is CSc1nc2c3ccccc3ncn2n1. The minimum absolute atomic E-state index is 0.771. The lowest BCUT2D eigenvalue weighted by Gasteiger charge is -1.96. The topological polar surface area (TPSA) is 43.1 Å². The van der Waals surface area contributed by atoms with E-state index >= 15 is 0 Å². The Kier molecular flexibility index (Phi) is 1.85. The van der Waals surface area contributed by atoms with Crippen molar-refractivity contribution >= 4 is 28.3 Å². The van der Waals surface area contributed by atoms with Crippen molar-refractivity contribution in [1.82, 2.24) is 19.6 Å². The molecular formula is C10H8N4S. The normalized spacial score (nSPS) is 11.3. The third-order valence-corrected chi connectivity index (χ3v) is 2.78. The van der Waals surface area contributed by atoms with Gasteiger partial charge in [-0.1, -0.05) is 23.9 Å². The van der Waals surface area contributed by atoms with Crippen LogP contribution in [-0.4, -0.2) is 25.8 Å². The highest BCUT2D eigenvalue weighted by Gasteiger charge is 2.06. The molecule has 0 saturated heterocycles. The Hall–Kier alpha value is -1.62. The molecule has 0 unspecified atom stereocenters. The third kappa shape index (κ3) is 1.27. The fraction of sp³-hybridized carbons (Fsp3) is 0.100. The van der Waals surface area contributed by atoms with Gasteiger partial charge in [-0.2, -0.15) is 0 Å². The summed E-state index contributed by atoms with van der Waals surface area (Å²) in [5, 5.41) is 6.09. The molecule has 3 aromatic rings. The molecule has 0 spiro atoms. The summed E-state index contributed by atoms with van der Waals surface area (Å²) in [4.78, 5) is 8.74.